The minimum atomic E-state index is -4.74. The van der Waals surface area contributed by atoms with Gasteiger partial charge in [-0.1, -0.05) is 6.07 Å². The summed E-state index contributed by atoms with van der Waals surface area (Å²) in [7, 11) is -3.92. The van der Waals surface area contributed by atoms with Gasteiger partial charge < -0.3 is 0 Å². The van der Waals surface area contributed by atoms with Crippen molar-refractivity contribution in [3.05, 3.63) is 54.5 Å². The molecule has 1 aromatic carbocycles. The van der Waals surface area contributed by atoms with E-state index < -0.39 is 22.0 Å². The Kier molecular flexibility index (Phi) is 4.05. The number of sulfonamides is 1. The van der Waals surface area contributed by atoms with Crippen LogP contribution in [0.1, 0.15) is 5.82 Å². The van der Waals surface area contributed by atoms with Gasteiger partial charge in [0.1, 0.15) is 5.69 Å². The second kappa shape index (κ2) is 5.93. The lowest BCUT2D eigenvalue weighted by atomic mass is 10.3. The van der Waals surface area contributed by atoms with Crippen LogP contribution >= 0.6 is 0 Å². The Morgan fingerprint density at radius 3 is 2.24 bits per heavy atom. The molecule has 0 unspecified atom stereocenters. The summed E-state index contributed by atoms with van der Waals surface area (Å²) in [6, 6.07) is 9.58. The number of hydrogen-bond acceptors (Lipinski definition) is 5. The van der Waals surface area contributed by atoms with Crippen LogP contribution in [0.4, 0.5) is 13.2 Å². The van der Waals surface area contributed by atoms with E-state index in [4.69, 9.17) is 5.14 Å². The zero-order chi connectivity index (χ0) is 18.2. The average molecular weight is 369 g/mol. The number of nitrogens with two attached hydrogens (primary N) is 1. The smallest absolute Gasteiger partial charge is 0.253 e. The van der Waals surface area contributed by atoms with Crippen LogP contribution in [0.15, 0.2) is 53.6 Å². The molecule has 25 heavy (non-hydrogen) atoms. The maximum Gasteiger partial charge on any atom is 0.453 e. The van der Waals surface area contributed by atoms with Crippen LogP contribution in [0.25, 0.3) is 17.2 Å². The molecule has 0 aliphatic rings. The first kappa shape index (κ1) is 17.0. The fourth-order valence-electron chi connectivity index (χ4n) is 2.05. The topological polar surface area (TPSA) is 104 Å². The third kappa shape index (κ3) is 3.51. The van der Waals surface area contributed by atoms with E-state index >= 15 is 0 Å². The number of rotatable bonds is 3. The molecule has 0 radical (unpaired) electrons. The maximum absolute atomic E-state index is 13.0. The van der Waals surface area contributed by atoms with Crippen molar-refractivity contribution in [2.45, 2.75) is 11.1 Å². The Morgan fingerprint density at radius 2 is 1.72 bits per heavy atom. The van der Waals surface area contributed by atoms with Crippen molar-refractivity contribution < 1.29 is 21.6 Å². The summed E-state index contributed by atoms with van der Waals surface area (Å²) in [5, 5.41) is 8.49. The van der Waals surface area contributed by atoms with Crippen molar-refractivity contribution in [3.63, 3.8) is 0 Å². The Morgan fingerprint density at radius 1 is 1.04 bits per heavy atom. The van der Waals surface area contributed by atoms with Crippen LogP contribution in [-0.2, 0) is 16.2 Å². The summed E-state index contributed by atoms with van der Waals surface area (Å²) >= 11 is 0. The maximum atomic E-state index is 13.0. The van der Waals surface area contributed by atoms with E-state index in [-0.39, 0.29) is 22.1 Å². The molecule has 2 N–H and O–H groups in total. The molecule has 7 nitrogen and oxygen atoms in total. The molecular formula is C14H10F3N5O2S. The minimum absolute atomic E-state index is 0.128. The van der Waals surface area contributed by atoms with Gasteiger partial charge in [0.25, 0.3) is 5.82 Å². The van der Waals surface area contributed by atoms with Gasteiger partial charge in [0.05, 0.1) is 10.6 Å². The van der Waals surface area contributed by atoms with Crippen molar-refractivity contribution >= 4 is 10.0 Å². The lowest BCUT2D eigenvalue weighted by molar-refractivity contribution is -0.144. The Bertz CT molecular complexity index is 999. The van der Waals surface area contributed by atoms with Gasteiger partial charge in [0.15, 0.2) is 5.82 Å². The first-order valence-corrected chi connectivity index (χ1v) is 8.30. The average Bonchev–Trinajstić information content (AvgIpc) is 3.00. The standard InChI is InChI=1S/C14H10F3N5O2S/c15-14(16,17)13-20-12(11-3-1-2-8-19-11)22(21-13)9-4-6-10(7-5-9)25(18,23)24/h1-8H,(H2,18,23,24). The number of nitrogens with zero attached hydrogens (tertiary/aromatic N) is 4. The van der Waals surface area contributed by atoms with Crippen LogP contribution in [0.3, 0.4) is 0 Å². The quantitative estimate of drug-likeness (QED) is 0.760. The number of primary sulfonamides is 1. The number of pyridine rings is 1. The molecular weight excluding hydrogens is 359 g/mol. The van der Waals surface area contributed by atoms with Gasteiger partial charge in [0.2, 0.25) is 10.0 Å². The highest BCUT2D eigenvalue weighted by atomic mass is 32.2. The zero-order valence-corrected chi connectivity index (χ0v) is 13.2. The molecule has 0 fully saturated rings. The van der Waals surface area contributed by atoms with E-state index in [1.54, 1.807) is 12.1 Å². The molecule has 0 aliphatic heterocycles. The van der Waals surface area contributed by atoms with Crippen LogP contribution in [0.2, 0.25) is 0 Å². The van der Waals surface area contributed by atoms with Crippen LogP contribution in [0.5, 0.6) is 0 Å². The second-order valence-corrected chi connectivity index (χ2v) is 6.48. The molecule has 0 saturated heterocycles. The van der Waals surface area contributed by atoms with E-state index in [1.165, 1.54) is 36.5 Å². The summed E-state index contributed by atoms with van der Waals surface area (Å²) in [6.07, 6.45) is -3.33. The summed E-state index contributed by atoms with van der Waals surface area (Å²) in [6.45, 7) is 0. The molecule has 3 aromatic rings. The minimum Gasteiger partial charge on any atom is -0.253 e. The van der Waals surface area contributed by atoms with Gasteiger partial charge in [0, 0.05) is 6.20 Å². The van der Waals surface area contributed by atoms with Crippen LogP contribution < -0.4 is 5.14 Å². The van der Waals surface area contributed by atoms with Gasteiger partial charge in [-0.05, 0) is 36.4 Å². The van der Waals surface area contributed by atoms with Crippen LogP contribution in [0, 0.1) is 0 Å². The Labute approximate surface area is 140 Å². The SMILES string of the molecule is NS(=O)(=O)c1ccc(-n2nc(C(F)(F)F)nc2-c2ccccn2)cc1. The summed E-state index contributed by atoms with van der Waals surface area (Å²) in [4.78, 5) is 7.33. The molecule has 0 saturated carbocycles. The van der Waals surface area contributed by atoms with Gasteiger partial charge in [-0.3, -0.25) is 4.98 Å². The lowest BCUT2D eigenvalue weighted by Gasteiger charge is -2.06. The van der Waals surface area contributed by atoms with E-state index in [9.17, 15) is 21.6 Å². The predicted molar refractivity (Wildman–Crippen MR) is 81.0 cm³/mol. The van der Waals surface area contributed by atoms with E-state index in [1.807, 2.05) is 0 Å². The van der Waals surface area contributed by atoms with Crippen molar-refractivity contribution in [2.75, 3.05) is 0 Å². The monoisotopic (exact) mass is 369 g/mol. The fourth-order valence-corrected chi connectivity index (χ4v) is 2.57. The van der Waals surface area contributed by atoms with Crippen molar-refractivity contribution in [1.82, 2.24) is 19.7 Å². The molecule has 2 aromatic heterocycles. The highest BCUT2D eigenvalue weighted by Crippen LogP contribution is 2.29. The molecule has 0 atom stereocenters. The first-order valence-electron chi connectivity index (χ1n) is 6.75. The van der Waals surface area contributed by atoms with Crippen molar-refractivity contribution in [2.24, 2.45) is 5.14 Å². The molecule has 11 heteroatoms. The third-order valence-corrected chi connectivity index (χ3v) is 4.09. The highest BCUT2D eigenvalue weighted by Gasteiger charge is 2.37. The number of benzene rings is 1. The third-order valence-electron chi connectivity index (χ3n) is 3.16. The largest absolute Gasteiger partial charge is 0.453 e. The molecule has 0 spiro atoms. The number of hydrogen-bond donors (Lipinski definition) is 1. The molecule has 0 bridgehead atoms. The lowest BCUT2D eigenvalue weighted by Crippen LogP contribution is -2.12. The fraction of sp³-hybridized carbons (Fsp3) is 0.0714. The Balaban J connectivity index is 2.16. The number of alkyl halides is 3. The Hall–Kier alpha value is -2.79. The normalized spacial score (nSPS) is 12.3. The summed E-state index contributed by atoms with van der Waals surface area (Å²) in [5.41, 5.74) is 0.358. The molecule has 3 rings (SSSR count). The molecule has 130 valence electrons. The van der Waals surface area contributed by atoms with E-state index in [0.717, 1.165) is 4.68 Å². The zero-order valence-electron chi connectivity index (χ0n) is 12.3. The van der Waals surface area contributed by atoms with Crippen LogP contribution in [-0.4, -0.2) is 28.2 Å². The second-order valence-electron chi connectivity index (χ2n) is 4.92. The van der Waals surface area contributed by atoms with Gasteiger partial charge in [-0.25, -0.2) is 23.2 Å². The summed E-state index contributed by atoms with van der Waals surface area (Å²) < 4.78 is 62.5. The summed E-state index contributed by atoms with van der Waals surface area (Å²) in [5.74, 6) is -1.46. The van der Waals surface area contributed by atoms with E-state index in [2.05, 4.69) is 15.1 Å². The van der Waals surface area contributed by atoms with Gasteiger partial charge in [-0.2, -0.15) is 13.2 Å². The van der Waals surface area contributed by atoms with Gasteiger partial charge in [-0.15, -0.1) is 5.10 Å². The highest BCUT2D eigenvalue weighted by molar-refractivity contribution is 7.89. The number of halogens is 3. The molecule has 0 aliphatic carbocycles. The van der Waals surface area contributed by atoms with Gasteiger partial charge >= 0.3 is 6.18 Å². The predicted octanol–water partition coefficient (Wildman–Crippen LogP) is 2.00. The van der Waals surface area contributed by atoms with Crippen molar-refractivity contribution in [3.8, 4) is 17.2 Å². The molecule has 2 heterocycles. The first-order chi connectivity index (χ1) is 11.7. The number of aromatic nitrogens is 4. The van der Waals surface area contributed by atoms with E-state index in [0.29, 0.717) is 0 Å². The van der Waals surface area contributed by atoms with Crippen molar-refractivity contribution in [1.29, 1.82) is 0 Å². The molecule has 0 amide bonds.